The van der Waals surface area contributed by atoms with E-state index in [0.717, 1.165) is 47.7 Å². The van der Waals surface area contributed by atoms with Crippen molar-refractivity contribution in [1.82, 2.24) is 4.90 Å². The van der Waals surface area contributed by atoms with Gasteiger partial charge in [-0.3, -0.25) is 4.79 Å². The average molecular weight is 351 g/mol. The highest BCUT2D eigenvalue weighted by molar-refractivity contribution is 6.07. The molecule has 1 aliphatic heterocycles. The van der Waals surface area contributed by atoms with Gasteiger partial charge < -0.3 is 14.1 Å². The van der Waals surface area contributed by atoms with Crippen molar-refractivity contribution < 1.29 is 13.9 Å². The van der Waals surface area contributed by atoms with E-state index in [1.165, 1.54) is 12.5 Å². The number of fused-ring (bicyclic) bond motifs is 3. The van der Waals surface area contributed by atoms with Gasteiger partial charge in [-0.25, -0.2) is 4.79 Å². The number of ether oxygens (including phenoxy) is 1. The van der Waals surface area contributed by atoms with Crippen molar-refractivity contribution in [1.29, 1.82) is 0 Å². The number of benzene rings is 2. The second-order valence-electron chi connectivity index (χ2n) is 6.77. The van der Waals surface area contributed by atoms with E-state index in [0.29, 0.717) is 11.3 Å². The zero-order chi connectivity index (χ0) is 18.1. The van der Waals surface area contributed by atoms with Gasteiger partial charge in [0.05, 0.1) is 0 Å². The molecule has 1 amide bonds. The number of aryl methyl sites for hydroxylation is 1. The van der Waals surface area contributed by atoms with Crippen LogP contribution in [0.3, 0.4) is 0 Å². The minimum atomic E-state index is -0.367. The van der Waals surface area contributed by atoms with Crippen LogP contribution in [0.15, 0.2) is 45.6 Å². The van der Waals surface area contributed by atoms with E-state index in [9.17, 15) is 9.59 Å². The van der Waals surface area contributed by atoms with Gasteiger partial charge in [0.2, 0.25) is 0 Å². The van der Waals surface area contributed by atoms with Crippen molar-refractivity contribution in [3.05, 3.63) is 52.4 Å². The van der Waals surface area contributed by atoms with Gasteiger partial charge in [-0.2, -0.15) is 0 Å². The summed E-state index contributed by atoms with van der Waals surface area (Å²) in [5, 5.41) is 2.55. The average Bonchev–Trinajstić information content (AvgIpc) is 2.66. The van der Waals surface area contributed by atoms with Gasteiger partial charge in [0.15, 0.2) is 6.61 Å². The smallest absolute Gasteiger partial charge is 0.336 e. The van der Waals surface area contributed by atoms with Crippen LogP contribution in [-0.2, 0) is 4.79 Å². The molecule has 1 aliphatic rings. The highest BCUT2D eigenvalue weighted by Gasteiger charge is 2.17. The molecule has 5 nitrogen and oxygen atoms in total. The Morgan fingerprint density at radius 3 is 2.65 bits per heavy atom. The first kappa shape index (κ1) is 16.6. The quantitative estimate of drug-likeness (QED) is 0.534. The van der Waals surface area contributed by atoms with Gasteiger partial charge in [0.25, 0.3) is 5.91 Å². The zero-order valence-electron chi connectivity index (χ0n) is 14.8. The van der Waals surface area contributed by atoms with Crippen LogP contribution in [0, 0.1) is 6.92 Å². The molecule has 134 valence electrons. The Bertz CT molecular complexity index is 1030. The molecule has 0 bridgehead atoms. The molecule has 0 spiro atoms. The van der Waals surface area contributed by atoms with E-state index in [2.05, 4.69) is 0 Å². The minimum absolute atomic E-state index is 0.0184. The molecule has 0 aliphatic carbocycles. The largest absolute Gasteiger partial charge is 0.483 e. The third kappa shape index (κ3) is 3.05. The molecule has 2 heterocycles. The highest BCUT2D eigenvalue weighted by atomic mass is 16.5. The van der Waals surface area contributed by atoms with Gasteiger partial charge in [0, 0.05) is 35.3 Å². The lowest BCUT2D eigenvalue weighted by Crippen LogP contribution is -2.38. The number of nitrogens with zero attached hydrogens (tertiary/aromatic N) is 1. The molecule has 0 atom stereocenters. The third-order valence-electron chi connectivity index (χ3n) is 4.99. The fraction of sp³-hybridized carbons (Fsp3) is 0.333. The molecule has 4 rings (SSSR count). The third-order valence-corrected chi connectivity index (χ3v) is 4.99. The predicted octanol–water partition coefficient (Wildman–Crippen LogP) is 3.65. The Hall–Kier alpha value is -2.82. The summed E-state index contributed by atoms with van der Waals surface area (Å²) >= 11 is 0. The predicted molar refractivity (Wildman–Crippen MR) is 101 cm³/mol. The van der Waals surface area contributed by atoms with E-state index >= 15 is 0 Å². The summed E-state index contributed by atoms with van der Waals surface area (Å²) in [5.74, 6) is 0.642. The number of amides is 1. The Labute approximate surface area is 151 Å². The lowest BCUT2D eigenvalue weighted by atomic mass is 10.0. The number of rotatable bonds is 3. The monoisotopic (exact) mass is 351 g/mol. The molecule has 0 unspecified atom stereocenters. The van der Waals surface area contributed by atoms with Gasteiger partial charge in [-0.15, -0.1) is 0 Å². The SMILES string of the molecule is Cc1cc(=O)oc2c1ccc1c(OCC(=O)N3CCCCC3)cccc12. The van der Waals surface area contributed by atoms with Crippen molar-refractivity contribution >= 4 is 27.6 Å². The fourth-order valence-corrected chi connectivity index (χ4v) is 3.61. The minimum Gasteiger partial charge on any atom is -0.483 e. The first-order chi connectivity index (χ1) is 12.6. The van der Waals surface area contributed by atoms with Crippen LogP contribution < -0.4 is 10.4 Å². The maximum absolute atomic E-state index is 12.4. The van der Waals surface area contributed by atoms with Gasteiger partial charge in [-0.1, -0.05) is 18.2 Å². The first-order valence-electron chi connectivity index (χ1n) is 9.00. The number of carbonyl (C=O) groups excluding carboxylic acids is 1. The molecule has 5 heteroatoms. The summed E-state index contributed by atoms with van der Waals surface area (Å²) in [6.07, 6.45) is 3.31. The molecule has 26 heavy (non-hydrogen) atoms. The Morgan fingerprint density at radius 2 is 1.85 bits per heavy atom. The number of carbonyl (C=O) groups is 1. The second-order valence-corrected chi connectivity index (χ2v) is 6.77. The van der Waals surface area contributed by atoms with Gasteiger partial charge >= 0.3 is 5.63 Å². The zero-order valence-corrected chi connectivity index (χ0v) is 14.8. The van der Waals surface area contributed by atoms with Crippen LogP contribution in [0.2, 0.25) is 0 Å². The van der Waals surface area contributed by atoms with Gasteiger partial charge in [0.1, 0.15) is 11.3 Å². The van der Waals surface area contributed by atoms with Crippen LogP contribution in [0.4, 0.5) is 0 Å². The van der Waals surface area contributed by atoms with Crippen LogP contribution in [-0.4, -0.2) is 30.5 Å². The van der Waals surface area contributed by atoms with Crippen molar-refractivity contribution in [3.8, 4) is 5.75 Å². The Kier molecular flexibility index (Phi) is 4.37. The lowest BCUT2D eigenvalue weighted by molar-refractivity contribution is -0.134. The topological polar surface area (TPSA) is 59.8 Å². The number of likely N-dealkylation sites (tertiary alicyclic amines) is 1. The van der Waals surface area contributed by atoms with E-state index in [-0.39, 0.29) is 18.1 Å². The summed E-state index contributed by atoms with van der Waals surface area (Å²) in [6.45, 7) is 3.54. The first-order valence-corrected chi connectivity index (χ1v) is 9.00. The van der Waals surface area contributed by atoms with Gasteiger partial charge in [-0.05, 0) is 43.9 Å². The Balaban J connectivity index is 1.66. The van der Waals surface area contributed by atoms with Crippen molar-refractivity contribution in [2.45, 2.75) is 26.2 Å². The molecule has 0 radical (unpaired) electrons. The lowest BCUT2D eigenvalue weighted by Gasteiger charge is -2.26. The molecule has 0 N–H and O–H groups in total. The molecular formula is C21H21NO4. The number of hydrogen-bond acceptors (Lipinski definition) is 4. The molecular weight excluding hydrogens is 330 g/mol. The normalized spacial score (nSPS) is 14.7. The van der Waals surface area contributed by atoms with E-state index < -0.39 is 0 Å². The molecule has 1 fully saturated rings. The van der Waals surface area contributed by atoms with E-state index in [1.54, 1.807) is 0 Å². The Morgan fingerprint density at radius 1 is 1.08 bits per heavy atom. The van der Waals surface area contributed by atoms with Crippen molar-refractivity contribution in [3.63, 3.8) is 0 Å². The second kappa shape index (κ2) is 6.83. The summed E-state index contributed by atoms with van der Waals surface area (Å²) < 4.78 is 11.3. The van der Waals surface area contributed by atoms with Crippen LogP contribution in [0.5, 0.6) is 5.75 Å². The highest BCUT2D eigenvalue weighted by Crippen LogP contribution is 2.32. The summed E-state index contributed by atoms with van der Waals surface area (Å²) in [5.41, 5.74) is 1.07. The molecule has 0 saturated carbocycles. The fourth-order valence-electron chi connectivity index (χ4n) is 3.61. The summed E-state index contributed by atoms with van der Waals surface area (Å²) in [4.78, 5) is 26.0. The summed E-state index contributed by atoms with van der Waals surface area (Å²) in [6, 6.07) is 11.0. The van der Waals surface area contributed by atoms with E-state index in [4.69, 9.17) is 9.15 Å². The summed E-state index contributed by atoms with van der Waals surface area (Å²) in [7, 11) is 0. The van der Waals surface area contributed by atoms with E-state index in [1.807, 2.05) is 42.2 Å². The van der Waals surface area contributed by atoms with Crippen LogP contribution in [0.25, 0.3) is 21.7 Å². The molecule has 2 aromatic carbocycles. The molecule has 1 saturated heterocycles. The van der Waals surface area contributed by atoms with Crippen molar-refractivity contribution in [2.24, 2.45) is 0 Å². The number of hydrogen-bond donors (Lipinski definition) is 0. The van der Waals surface area contributed by atoms with Crippen LogP contribution >= 0.6 is 0 Å². The van der Waals surface area contributed by atoms with Crippen LogP contribution in [0.1, 0.15) is 24.8 Å². The maximum atomic E-state index is 12.4. The maximum Gasteiger partial charge on any atom is 0.336 e. The number of piperidine rings is 1. The van der Waals surface area contributed by atoms with Crippen molar-refractivity contribution in [2.75, 3.05) is 19.7 Å². The molecule has 1 aromatic heterocycles. The molecule has 3 aromatic rings. The standard InChI is InChI=1S/C21H21NO4/c1-14-12-20(24)26-21-15(14)8-9-16-17(21)6-5-7-18(16)25-13-19(23)22-10-3-2-4-11-22/h5-9,12H,2-4,10-11,13H2,1H3.